The zero-order chi connectivity index (χ0) is 26.5. The van der Waals surface area contributed by atoms with Gasteiger partial charge in [-0.2, -0.15) is 5.10 Å². The number of hydrogen-bond donors (Lipinski definition) is 1. The summed E-state index contributed by atoms with van der Waals surface area (Å²) in [6.45, 7) is 2.48. The third-order valence-electron chi connectivity index (χ3n) is 7.14. The number of aryl methyl sites for hydroxylation is 1. The molecule has 39 heavy (non-hydrogen) atoms. The van der Waals surface area contributed by atoms with Gasteiger partial charge in [0.2, 0.25) is 6.79 Å². The monoisotopic (exact) mass is 537 g/mol. The molecule has 8 nitrogen and oxygen atoms in total. The predicted octanol–water partition coefficient (Wildman–Crippen LogP) is 6.49. The van der Waals surface area contributed by atoms with Crippen LogP contribution in [0.1, 0.15) is 28.6 Å². The summed E-state index contributed by atoms with van der Waals surface area (Å²) in [4.78, 5) is 15.9. The fourth-order valence-electron chi connectivity index (χ4n) is 5.35. The molecule has 0 aliphatic carbocycles. The molecule has 0 spiro atoms. The van der Waals surface area contributed by atoms with E-state index in [-0.39, 0.29) is 12.8 Å². The molecule has 5 aromatic rings. The van der Waals surface area contributed by atoms with Gasteiger partial charge in [-0.3, -0.25) is 0 Å². The fraction of sp³-hybridized carbons (Fsp3) is 0.133. The van der Waals surface area contributed by atoms with Crippen molar-refractivity contribution in [2.75, 3.05) is 12.1 Å². The first kappa shape index (κ1) is 23.4. The number of para-hydroxylation sites is 1. The minimum absolute atomic E-state index is 0.167. The standard InChI is InChI=1S/C30H24ClN5O3/c1-19-24-17-35(30(37)32-22-12-13-26-27(16-22)39-18-38-26)28(20-7-5-8-21(31)15-20)25-11-6-14-34(25)29(24)36(33-19)23-9-3-2-4-10-23/h2-16,28H,17-18H2,1H3,(H,32,37). The highest BCUT2D eigenvalue weighted by Gasteiger charge is 2.36. The fourth-order valence-corrected chi connectivity index (χ4v) is 5.55. The summed E-state index contributed by atoms with van der Waals surface area (Å²) in [6, 6.07) is 26.4. The minimum Gasteiger partial charge on any atom is -0.454 e. The molecule has 0 bridgehead atoms. The van der Waals surface area contributed by atoms with Gasteiger partial charge < -0.3 is 24.3 Å². The second-order valence-corrected chi connectivity index (χ2v) is 9.96. The van der Waals surface area contributed by atoms with Gasteiger partial charge in [0.1, 0.15) is 5.82 Å². The van der Waals surface area contributed by atoms with E-state index in [1.807, 2.05) is 95.5 Å². The van der Waals surface area contributed by atoms with Crippen molar-refractivity contribution in [1.82, 2.24) is 19.2 Å². The Morgan fingerprint density at radius 2 is 1.82 bits per heavy atom. The van der Waals surface area contributed by atoms with Crippen LogP contribution in [0.15, 0.2) is 91.1 Å². The summed E-state index contributed by atoms with van der Waals surface area (Å²) in [6.07, 6.45) is 2.02. The zero-order valence-corrected chi connectivity index (χ0v) is 21.8. The van der Waals surface area contributed by atoms with E-state index in [0.717, 1.165) is 34.0 Å². The van der Waals surface area contributed by atoms with Gasteiger partial charge in [-0.25, -0.2) is 9.48 Å². The van der Waals surface area contributed by atoms with Crippen LogP contribution in [0.5, 0.6) is 11.5 Å². The molecule has 0 fully saturated rings. The topological polar surface area (TPSA) is 73.6 Å². The van der Waals surface area contributed by atoms with Crippen LogP contribution in [0.2, 0.25) is 5.02 Å². The summed E-state index contributed by atoms with van der Waals surface area (Å²) in [5.74, 6) is 2.17. The van der Waals surface area contributed by atoms with Crippen LogP contribution in [0, 0.1) is 6.92 Å². The highest BCUT2D eigenvalue weighted by Crippen LogP contribution is 2.40. The quantitative estimate of drug-likeness (QED) is 0.285. The second kappa shape index (κ2) is 9.25. The van der Waals surface area contributed by atoms with E-state index in [2.05, 4.69) is 9.88 Å². The van der Waals surface area contributed by atoms with Crippen LogP contribution in [0.4, 0.5) is 10.5 Å². The van der Waals surface area contributed by atoms with Gasteiger partial charge in [-0.15, -0.1) is 0 Å². The molecule has 2 amide bonds. The molecule has 1 unspecified atom stereocenters. The van der Waals surface area contributed by atoms with Crippen molar-refractivity contribution in [3.63, 3.8) is 0 Å². The first-order valence-electron chi connectivity index (χ1n) is 12.6. The molecule has 9 heteroatoms. The molecular weight excluding hydrogens is 514 g/mol. The molecule has 2 aromatic heterocycles. The molecule has 3 aromatic carbocycles. The predicted molar refractivity (Wildman–Crippen MR) is 148 cm³/mol. The smallest absolute Gasteiger partial charge is 0.322 e. The maximum Gasteiger partial charge on any atom is 0.322 e. The van der Waals surface area contributed by atoms with Crippen molar-refractivity contribution in [3.8, 4) is 23.0 Å². The van der Waals surface area contributed by atoms with Crippen LogP contribution in [0.3, 0.4) is 0 Å². The molecular formula is C30H24ClN5O3. The van der Waals surface area contributed by atoms with Crippen LogP contribution in [-0.4, -0.2) is 32.1 Å². The van der Waals surface area contributed by atoms with Crippen molar-refractivity contribution in [3.05, 3.63) is 119 Å². The highest BCUT2D eigenvalue weighted by molar-refractivity contribution is 6.30. The van der Waals surface area contributed by atoms with Gasteiger partial charge in [-0.1, -0.05) is 41.9 Å². The number of anilines is 1. The number of aromatic nitrogens is 3. The summed E-state index contributed by atoms with van der Waals surface area (Å²) in [5, 5.41) is 8.58. The van der Waals surface area contributed by atoms with Crippen LogP contribution in [-0.2, 0) is 6.54 Å². The number of ether oxygens (including phenoxy) is 2. The van der Waals surface area contributed by atoms with Crippen molar-refractivity contribution in [1.29, 1.82) is 0 Å². The Morgan fingerprint density at radius 1 is 0.974 bits per heavy atom. The third kappa shape index (κ3) is 4.00. The number of carbonyl (C=O) groups is 1. The van der Waals surface area contributed by atoms with E-state index < -0.39 is 6.04 Å². The Kier molecular flexibility index (Phi) is 5.56. The number of amides is 2. The Labute approximate surface area is 230 Å². The Hall–Kier alpha value is -4.69. The number of fused-ring (bicyclic) bond motifs is 4. The van der Waals surface area contributed by atoms with Gasteiger partial charge in [0.15, 0.2) is 11.5 Å². The lowest BCUT2D eigenvalue weighted by Gasteiger charge is -2.31. The van der Waals surface area contributed by atoms with Crippen molar-refractivity contribution in [2.45, 2.75) is 19.5 Å². The maximum absolute atomic E-state index is 14.1. The second-order valence-electron chi connectivity index (χ2n) is 9.52. The molecule has 7 rings (SSSR count). The minimum atomic E-state index is -0.413. The Morgan fingerprint density at radius 3 is 2.67 bits per heavy atom. The molecule has 2 aliphatic heterocycles. The molecule has 2 aliphatic rings. The molecule has 1 atom stereocenters. The van der Waals surface area contributed by atoms with E-state index >= 15 is 0 Å². The Bertz CT molecular complexity index is 1710. The molecule has 0 saturated heterocycles. The van der Waals surface area contributed by atoms with E-state index in [4.69, 9.17) is 26.2 Å². The highest BCUT2D eigenvalue weighted by atomic mass is 35.5. The average Bonchev–Trinajstić information content (AvgIpc) is 3.66. The molecule has 194 valence electrons. The summed E-state index contributed by atoms with van der Waals surface area (Å²) >= 11 is 6.45. The number of hydrogen-bond acceptors (Lipinski definition) is 4. The normalized spacial score (nSPS) is 15.4. The Balaban J connectivity index is 1.38. The molecule has 0 radical (unpaired) electrons. The first-order chi connectivity index (χ1) is 19.1. The average molecular weight is 538 g/mol. The lowest BCUT2D eigenvalue weighted by atomic mass is 10.0. The maximum atomic E-state index is 14.1. The van der Waals surface area contributed by atoms with Crippen LogP contribution in [0.25, 0.3) is 11.5 Å². The number of carbonyl (C=O) groups excluding carboxylic acids is 1. The SMILES string of the molecule is Cc1nn(-c2ccccc2)c2c1CN(C(=O)Nc1ccc3c(c1)OCO3)C(c1cccc(Cl)c1)c1cccn1-2. The van der Waals surface area contributed by atoms with Crippen molar-refractivity contribution in [2.24, 2.45) is 0 Å². The number of benzene rings is 3. The van der Waals surface area contributed by atoms with E-state index in [1.165, 1.54) is 0 Å². The van der Waals surface area contributed by atoms with E-state index in [9.17, 15) is 4.79 Å². The number of nitrogens with zero attached hydrogens (tertiary/aromatic N) is 4. The van der Waals surface area contributed by atoms with E-state index in [1.54, 1.807) is 12.1 Å². The van der Waals surface area contributed by atoms with Gasteiger partial charge in [0.05, 0.1) is 29.7 Å². The summed E-state index contributed by atoms with van der Waals surface area (Å²) in [5.41, 5.74) is 5.20. The number of nitrogens with one attached hydrogen (secondary N) is 1. The van der Waals surface area contributed by atoms with Crippen molar-refractivity contribution >= 4 is 23.3 Å². The lowest BCUT2D eigenvalue weighted by Crippen LogP contribution is -2.38. The summed E-state index contributed by atoms with van der Waals surface area (Å²) < 4.78 is 15.0. The summed E-state index contributed by atoms with van der Waals surface area (Å²) in [7, 11) is 0. The van der Waals surface area contributed by atoms with Gasteiger partial charge in [-0.05, 0) is 61.0 Å². The lowest BCUT2D eigenvalue weighted by molar-refractivity contribution is 0.174. The largest absolute Gasteiger partial charge is 0.454 e. The van der Waals surface area contributed by atoms with Gasteiger partial charge >= 0.3 is 6.03 Å². The number of halogens is 1. The number of urea groups is 1. The zero-order valence-electron chi connectivity index (χ0n) is 21.0. The van der Waals surface area contributed by atoms with E-state index in [0.29, 0.717) is 28.8 Å². The van der Waals surface area contributed by atoms with Crippen LogP contribution < -0.4 is 14.8 Å². The molecule has 1 N–H and O–H groups in total. The van der Waals surface area contributed by atoms with Crippen LogP contribution >= 0.6 is 11.6 Å². The third-order valence-corrected chi connectivity index (χ3v) is 7.37. The van der Waals surface area contributed by atoms with Gasteiger partial charge in [0, 0.05) is 28.5 Å². The number of rotatable bonds is 3. The molecule has 4 heterocycles. The first-order valence-corrected chi connectivity index (χ1v) is 13.0. The van der Waals surface area contributed by atoms with Crippen molar-refractivity contribution < 1.29 is 14.3 Å². The molecule has 0 saturated carbocycles. The van der Waals surface area contributed by atoms with Gasteiger partial charge in [0.25, 0.3) is 0 Å².